The van der Waals surface area contributed by atoms with Crippen molar-refractivity contribution in [2.75, 3.05) is 0 Å². The Balaban J connectivity index is 1.86. The molecule has 0 N–H and O–H groups in total. The van der Waals surface area contributed by atoms with Crippen LogP contribution in [0, 0.1) is 11.3 Å². The van der Waals surface area contributed by atoms with Gasteiger partial charge in [0.2, 0.25) is 0 Å². The van der Waals surface area contributed by atoms with Gasteiger partial charge in [0.15, 0.2) is 0 Å². The van der Waals surface area contributed by atoms with E-state index in [0.717, 1.165) is 11.6 Å². The zero-order valence-electron chi connectivity index (χ0n) is 19.8. The van der Waals surface area contributed by atoms with E-state index >= 15 is 0 Å². The minimum absolute atomic E-state index is 0.0417. The van der Waals surface area contributed by atoms with E-state index in [9.17, 15) is 41.5 Å². The monoisotopic (exact) mass is 543 g/mol. The summed E-state index contributed by atoms with van der Waals surface area (Å²) in [6, 6.07) is 16.5. The maximum absolute atomic E-state index is 13.4. The molecule has 0 spiro atoms. The van der Waals surface area contributed by atoms with E-state index < -0.39 is 41.6 Å². The lowest BCUT2D eigenvalue weighted by molar-refractivity contribution is -0.298. The molecule has 5 nitrogen and oxygen atoms in total. The molecule has 0 aliphatic rings. The van der Waals surface area contributed by atoms with Crippen LogP contribution in [0.3, 0.4) is 0 Å². The van der Waals surface area contributed by atoms with Gasteiger partial charge in [-0.05, 0) is 47.5 Å². The maximum Gasteiger partial charge on any atom is 0.416 e. The topological polar surface area (TPSA) is 78.1 Å². The third-order valence-electron chi connectivity index (χ3n) is 5.77. The van der Waals surface area contributed by atoms with Crippen molar-refractivity contribution in [1.82, 2.24) is 4.57 Å². The predicted octanol–water partition coefficient (Wildman–Crippen LogP) is 5.96. The summed E-state index contributed by atoms with van der Waals surface area (Å²) in [6.07, 6.45) is -7.70. The minimum Gasteiger partial charge on any atom is -0.544 e. The fourth-order valence-electron chi connectivity index (χ4n) is 4.05. The summed E-state index contributed by atoms with van der Waals surface area (Å²) >= 11 is 0. The molecule has 0 atom stereocenters. The maximum atomic E-state index is 13.4. The number of nitrogens with zero attached hydrogens (tertiary/aromatic N) is 2. The number of halogens is 6. The van der Waals surface area contributed by atoms with Crippen LogP contribution in [0.15, 0.2) is 78.5 Å². The van der Waals surface area contributed by atoms with Gasteiger partial charge in [-0.3, -0.25) is 0 Å². The van der Waals surface area contributed by atoms with E-state index in [-0.39, 0.29) is 29.5 Å². The standard InChI is InChI=1S/C28H18F6N2O3/c29-27(30,31)21-9-18(10-22(12-21)28(32,33)34)14-36-15-20(11-19(13-35)26(37)38)25-23(36)7-4-8-24(25)39-16-17-5-2-1-3-6-17/h1-12,15H,14,16H2,(H,37,38)/p-1/b19-11+. The molecule has 200 valence electrons. The van der Waals surface area contributed by atoms with Crippen molar-refractivity contribution in [2.24, 2.45) is 0 Å². The number of benzene rings is 3. The minimum atomic E-state index is -5.02. The molecule has 0 bridgehead atoms. The zero-order chi connectivity index (χ0) is 28.4. The summed E-state index contributed by atoms with van der Waals surface area (Å²) in [5.74, 6) is -1.49. The Bertz CT molecular complexity index is 1560. The molecule has 0 unspecified atom stereocenters. The van der Waals surface area contributed by atoms with Crippen LogP contribution < -0.4 is 9.84 Å². The molecule has 0 saturated heterocycles. The first kappa shape index (κ1) is 27.3. The third kappa shape index (κ3) is 6.23. The second kappa shape index (κ2) is 10.6. The fourth-order valence-corrected chi connectivity index (χ4v) is 4.05. The second-order valence-electron chi connectivity index (χ2n) is 8.51. The van der Waals surface area contributed by atoms with Crippen molar-refractivity contribution in [2.45, 2.75) is 25.5 Å². The van der Waals surface area contributed by atoms with Gasteiger partial charge in [0.25, 0.3) is 0 Å². The summed E-state index contributed by atoms with van der Waals surface area (Å²) in [6.45, 7) is -0.310. The number of carboxylic acid groups (broad SMARTS) is 1. The van der Waals surface area contributed by atoms with Gasteiger partial charge in [-0.15, -0.1) is 0 Å². The van der Waals surface area contributed by atoms with E-state index in [4.69, 9.17) is 4.74 Å². The van der Waals surface area contributed by atoms with Gasteiger partial charge < -0.3 is 19.2 Å². The number of fused-ring (bicyclic) bond motifs is 1. The molecule has 4 aromatic rings. The number of carbonyl (C=O) groups excluding carboxylic acids is 1. The highest BCUT2D eigenvalue weighted by molar-refractivity contribution is 6.01. The van der Waals surface area contributed by atoms with Gasteiger partial charge in [0, 0.05) is 23.7 Å². The molecule has 0 saturated carbocycles. The van der Waals surface area contributed by atoms with E-state index in [2.05, 4.69) is 0 Å². The molecular formula is C28H17F6N2O3-. The number of hydrogen-bond acceptors (Lipinski definition) is 4. The van der Waals surface area contributed by atoms with Crippen LogP contribution >= 0.6 is 0 Å². The summed E-state index contributed by atoms with van der Waals surface area (Å²) < 4.78 is 87.5. The first-order valence-corrected chi connectivity index (χ1v) is 11.3. The zero-order valence-corrected chi connectivity index (χ0v) is 19.8. The first-order chi connectivity index (χ1) is 18.4. The van der Waals surface area contributed by atoms with Gasteiger partial charge in [0.1, 0.15) is 18.4 Å². The van der Waals surface area contributed by atoms with Gasteiger partial charge in [-0.25, -0.2) is 0 Å². The Labute approximate surface area is 217 Å². The molecule has 3 aromatic carbocycles. The molecule has 11 heteroatoms. The number of alkyl halides is 6. The number of carboxylic acids is 1. The number of aliphatic carboxylic acids is 1. The highest BCUT2D eigenvalue weighted by Crippen LogP contribution is 2.38. The molecule has 4 rings (SSSR count). The van der Waals surface area contributed by atoms with Crippen LogP contribution in [0.2, 0.25) is 0 Å². The summed E-state index contributed by atoms with van der Waals surface area (Å²) in [5.41, 5.74) is -2.65. The summed E-state index contributed by atoms with van der Waals surface area (Å²) in [7, 11) is 0. The van der Waals surface area contributed by atoms with Gasteiger partial charge in [-0.1, -0.05) is 36.4 Å². The van der Waals surface area contributed by atoms with Crippen LogP contribution in [-0.2, 0) is 30.3 Å². The molecule has 0 aliphatic carbocycles. The second-order valence-corrected chi connectivity index (χ2v) is 8.51. The highest BCUT2D eigenvalue weighted by atomic mass is 19.4. The van der Waals surface area contributed by atoms with Crippen LogP contribution in [0.25, 0.3) is 17.0 Å². The van der Waals surface area contributed by atoms with E-state index in [1.54, 1.807) is 30.3 Å². The largest absolute Gasteiger partial charge is 0.544 e. The molecule has 1 aromatic heterocycles. The molecule has 1 heterocycles. The number of nitriles is 1. The van der Waals surface area contributed by atoms with Gasteiger partial charge in [0.05, 0.1) is 28.2 Å². The Kier molecular flexibility index (Phi) is 7.40. The normalized spacial score (nSPS) is 12.4. The van der Waals surface area contributed by atoms with Gasteiger partial charge in [-0.2, -0.15) is 31.6 Å². The van der Waals surface area contributed by atoms with Crippen LogP contribution in [0.1, 0.15) is 27.8 Å². The van der Waals surface area contributed by atoms with E-state index in [1.165, 1.54) is 16.8 Å². The Morgan fingerprint density at radius 3 is 2.13 bits per heavy atom. The summed E-state index contributed by atoms with van der Waals surface area (Å²) in [5, 5.41) is 20.9. The predicted molar refractivity (Wildman–Crippen MR) is 127 cm³/mol. The van der Waals surface area contributed by atoms with Crippen molar-refractivity contribution in [3.05, 3.63) is 106 Å². The van der Waals surface area contributed by atoms with Gasteiger partial charge >= 0.3 is 12.4 Å². The van der Waals surface area contributed by atoms with Crippen molar-refractivity contribution in [3.8, 4) is 11.8 Å². The van der Waals surface area contributed by atoms with Crippen LogP contribution in [-0.4, -0.2) is 10.5 Å². The van der Waals surface area contributed by atoms with Crippen molar-refractivity contribution < 1.29 is 41.0 Å². The quantitative estimate of drug-likeness (QED) is 0.164. The number of hydrogen-bond donors (Lipinski definition) is 0. The van der Waals surface area contributed by atoms with Crippen LogP contribution in [0.4, 0.5) is 26.3 Å². The average Bonchev–Trinajstić information content (AvgIpc) is 3.22. The number of aromatic nitrogens is 1. The number of ether oxygens (including phenoxy) is 1. The van der Waals surface area contributed by atoms with Crippen LogP contribution in [0.5, 0.6) is 5.75 Å². The third-order valence-corrected chi connectivity index (χ3v) is 5.77. The Morgan fingerprint density at radius 2 is 1.56 bits per heavy atom. The lowest BCUT2D eigenvalue weighted by Crippen LogP contribution is -2.23. The molecule has 0 radical (unpaired) electrons. The lowest BCUT2D eigenvalue weighted by Gasteiger charge is -2.15. The molecule has 0 fully saturated rings. The van der Waals surface area contributed by atoms with E-state index in [1.807, 2.05) is 18.2 Å². The van der Waals surface area contributed by atoms with Crippen molar-refractivity contribution in [3.63, 3.8) is 0 Å². The SMILES string of the molecule is N#C/C(=C\c1cn(Cc2cc(C(F)(F)F)cc(C(F)(F)F)c2)c2cccc(OCc3ccccc3)c12)C(=O)[O-]. The summed E-state index contributed by atoms with van der Waals surface area (Å²) in [4.78, 5) is 11.4. The molecule has 0 amide bonds. The highest BCUT2D eigenvalue weighted by Gasteiger charge is 2.37. The molecule has 0 aliphatic heterocycles. The van der Waals surface area contributed by atoms with Crippen molar-refractivity contribution >= 4 is 22.9 Å². The molecular weight excluding hydrogens is 526 g/mol. The smallest absolute Gasteiger partial charge is 0.416 e. The lowest BCUT2D eigenvalue weighted by atomic mass is 10.0. The fraction of sp³-hybridized carbons (Fsp3) is 0.143. The average molecular weight is 543 g/mol. The Morgan fingerprint density at radius 1 is 0.923 bits per heavy atom. The molecule has 39 heavy (non-hydrogen) atoms. The van der Waals surface area contributed by atoms with Crippen molar-refractivity contribution in [1.29, 1.82) is 5.26 Å². The number of rotatable bonds is 7. The first-order valence-electron chi connectivity index (χ1n) is 11.3. The number of carbonyl (C=O) groups is 1. The Hall–Kier alpha value is -4.72. The van der Waals surface area contributed by atoms with E-state index in [0.29, 0.717) is 23.0 Å².